The maximum atomic E-state index is 12.1. The van der Waals surface area contributed by atoms with E-state index < -0.39 is 6.04 Å². The minimum Gasteiger partial charge on any atom is -0.497 e. The van der Waals surface area contributed by atoms with Crippen LogP contribution in [0.15, 0.2) is 24.3 Å². The van der Waals surface area contributed by atoms with Crippen LogP contribution in [0.4, 0.5) is 0 Å². The Bertz CT molecular complexity index is 597. The van der Waals surface area contributed by atoms with Crippen LogP contribution in [0.1, 0.15) is 10.4 Å². The number of carbonyl (C=O) groups is 2. The zero-order valence-corrected chi connectivity index (χ0v) is 12.2. The Hall–Kier alpha value is -2.59. The topological polar surface area (TPSA) is 91.7 Å². The van der Waals surface area contributed by atoms with Crippen LogP contribution in [0, 0.1) is 11.3 Å². The van der Waals surface area contributed by atoms with Gasteiger partial charge in [0.05, 0.1) is 32.9 Å². The second kappa shape index (κ2) is 7.43. The minimum absolute atomic E-state index is 0.159. The predicted molar refractivity (Wildman–Crippen MR) is 77.3 cm³/mol. The Morgan fingerprint density at radius 1 is 1.55 bits per heavy atom. The minimum atomic E-state index is -0.602. The molecule has 22 heavy (non-hydrogen) atoms. The first kappa shape index (κ1) is 15.8. The van der Waals surface area contributed by atoms with Crippen LogP contribution in [0.25, 0.3) is 0 Å². The summed E-state index contributed by atoms with van der Waals surface area (Å²) in [5, 5.41) is 11.6. The van der Waals surface area contributed by atoms with E-state index in [0.29, 0.717) is 24.5 Å². The molecule has 1 heterocycles. The fourth-order valence-electron chi connectivity index (χ4n) is 2.13. The number of morpholine rings is 1. The number of nitrogens with one attached hydrogen (secondary N) is 1. The summed E-state index contributed by atoms with van der Waals surface area (Å²) < 4.78 is 10.2. The molecule has 1 fully saturated rings. The number of nitrogens with zero attached hydrogens (tertiary/aromatic N) is 2. The van der Waals surface area contributed by atoms with Crippen LogP contribution < -0.4 is 10.1 Å². The van der Waals surface area contributed by atoms with Gasteiger partial charge in [-0.05, 0) is 18.2 Å². The molecule has 1 saturated heterocycles. The molecule has 1 aliphatic heterocycles. The second-order valence-electron chi connectivity index (χ2n) is 4.72. The van der Waals surface area contributed by atoms with Crippen LogP contribution in [-0.2, 0) is 9.53 Å². The van der Waals surface area contributed by atoms with Gasteiger partial charge in [-0.3, -0.25) is 9.59 Å². The summed E-state index contributed by atoms with van der Waals surface area (Å²) >= 11 is 0. The predicted octanol–water partition coefficient (Wildman–Crippen LogP) is 0.176. The Kier molecular flexibility index (Phi) is 5.33. The molecule has 1 unspecified atom stereocenters. The Morgan fingerprint density at radius 2 is 2.36 bits per heavy atom. The lowest BCUT2D eigenvalue weighted by molar-refractivity contribution is -0.136. The van der Waals surface area contributed by atoms with E-state index in [4.69, 9.17) is 14.7 Å². The molecule has 0 saturated carbocycles. The van der Waals surface area contributed by atoms with Crippen molar-refractivity contribution in [1.29, 1.82) is 5.26 Å². The van der Waals surface area contributed by atoms with Gasteiger partial charge >= 0.3 is 0 Å². The number of nitriles is 1. The maximum absolute atomic E-state index is 12.1. The third kappa shape index (κ3) is 3.74. The standard InChI is InChI=1S/C15H17N3O4/c1-21-13-4-2-3-11(7-13)15(20)17-9-14(19)18-5-6-22-10-12(18)8-16/h2-4,7,12H,5-6,9-10H2,1H3,(H,17,20). The molecule has 7 heteroatoms. The number of methoxy groups -OCH3 is 1. The molecule has 0 aliphatic carbocycles. The lowest BCUT2D eigenvalue weighted by atomic mass is 10.2. The van der Waals surface area contributed by atoms with E-state index in [1.807, 2.05) is 6.07 Å². The molecular formula is C15H17N3O4. The van der Waals surface area contributed by atoms with Crippen LogP contribution >= 0.6 is 0 Å². The van der Waals surface area contributed by atoms with Crippen LogP contribution in [0.3, 0.4) is 0 Å². The van der Waals surface area contributed by atoms with Crippen molar-refractivity contribution in [2.24, 2.45) is 0 Å². The van der Waals surface area contributed by atoms with Crippen LogP contribution in [0.2, 0.25) is 0 Å². The summed E-state index contributed by atoms with van der Waals surface area (Å²) in [4.78, 5) is 25.6. The molecule has 2 amide bonds. The number of carbonyl (C=O) groups excluding carboxylic acids is 2. The van der Waals surface area contributed by atoms with Crippen molar-refractivity contribution < 1.29 is 19.1 Å². The van der Waals surface area contributed by atoms with E-state index in [2.05, 4.69) is 5.32 Å². The van der Waals surface area contributed by atoms with Gasteiger partial charge < -0.3 is 19.7 Å². The second-order valence-corrected chi connectivity index (χ2v) is 4.72. The molecule has 116 valence electrons. The zero-order valence-electron chi connectivity index (χ0n) is 12.2. The summed E-state index contributed by atoms with van der Waals surface area (Å²) in [6.45, 7) is 0.792. The average Bonchev–Trinajstić information content (AvgIpc) is 2.59. The first-order chi connectivity index (χ1) is 10.7. The number of ether oxygens (including phenoxy) is 2. The summed E-state index contributed by atoms with van der Waals surface area (Å²) in [6.07, 6.45) is 0. The molecule has 1 aromatic carbocycles. The highest BCUT2D eigenvalue weighted by molar-refractivity contribution is 5.96. The summed E-state index contributed by atoms with van der Waals surface area (Å²) in [5.41, 5.74) is 0.408. The quantitative estimate of drug-likeness (QED) is 0.856. The van der Waals surface area contributed by atoms with Gasteiger partial charge in [0.1, 0.15) is 11.8 Å². The van der Waals surface area contributed by atoms with Crippen molar-refractivity contribution in [3.8, 4) is 11.8 Å². The van der Waals surface area contributed by atoms with Gasteiger partial charge in [-0.2, -0.15) is 5.26 Å². The first-order valence-electron chi connectivity index (χ1n) is 6.85. The van der Waals surface area contributed by atoms with Crippen molar-refractivity contribution >= 4 is 11.8 Å². The monoisotopic (exact) mass is 303 g/mol. The first-order valence-corrected chi connectivity index (χ1v) is 6.85. The number of benzene rings is 1. The average molecular weight is 303 g/mol. The van der Waals surface area contributed by atoms with E-state index in [1.165, 1.54) is 12.0 Å². The van der Waals surface area contributed by atoms with Crippen molar-refractivity contribution in [2.75, 3.05) is 33.4 Å². The maximum Gasteiger partial charge on any atom is 0.251 e. The van der Waals surface area contributed by atoms with Crippen molar-refractivity contribution in [3.63, 3.8) is 0 Å². The Balaban J connectivity index is 1.92. The van der Waals surface area contributed by atoms with Crippen molar-refractivity contribution in [1.82, 2.24) is 10.2 Å². The molecule has 0 radical (unpaired) electrons. The van der Waals surface area contributed by atoms with Crippen molar-refractivity contribution in [2.45, 2.75) is 6.04 Å². The zero-order chi connectivity index (χ0) is 15.9. The van der Waals surface area contributed by atoms with E-state index >= 15 is 0 Å². The fourth-order valence-corrected chi connectivity index (χ4v) is 2.13. The number of rotatable bonds is 4. The number of hydrogen-bond acceptors (Lipinski definition) is 5. The van der Waals surface area contributed by atoms with E-state index in [-0.39, 0.29) is 25.0 Å². The van der Waals surface area contributed by atoms with E-state index in [0.717, 1.165) is 0 Å². The van der Waals surface area contributed by atoms with Gasteiger partial charge in [-0.1, -0.05) is 6.07 Å². The SMILES string of the molecule is COc1cccc(C(=O)NCC(=O)N2CCOCC2C#N)c1. The Labute approximate surface area is 128 Å². The summed E-state index contributed by atoms with van der Waals surface area (Å²) in [6, 6.07) is 8.07. The van der Waals surface area contributed by atoms with Crippen LogP contribution in [0.5, 0.6) is 5.75 Å². The van der Waals surface area contributed by atoms with Gasteiger partial charge in [-0.25, -0.2) is 0 Å². The third-order valence-corrected chi connectivity index (χ3v) is 3.33. The van der Waals surface area contributed by atoms with Crippen LogP contribution in [-0.4, -0.2) is 56.2 Å². The summed E-state index contributed by atoms with van der Waals surface area (Å²) in [5.74, 6) is -0.100. The van der Waals surface area contributed by atoms with Gasteiger partial charge in [0.25, 0.3) is 5.91 Å². The number of amides is 2. The molecule has 1 aromatic rings. The van der Waals surface area contributed by atoms with Gasteiger partial charge in [0.2, 0.25) is 5.91 Å². The molecular weight excluding hydrogens is 286 g/mol. The lowest BCUT2D eigenvalue weighted by Crippen LogP contribution is -2.51. The van der Waals surface area contributed by atoms with Gasteiger partial charge in [0, 0.05) is 12.1 Å². The highest BCUT2D eigenvalue weighted by Crippen LogP contribution is 2.12. The highest BCUT2D eigenvalue weighted by atomic mass is 16.5. The van der Waals surface area contributed by atoms with Gasteiger partial charge in [-0.15, -0.1) is 0 Å². The fraction of sp³-hybridized carbons (Fsp3) is 0.400. The molecule has 7 nitrogen and oxygen atoms in total. The molecule has 2 rings (SSSR count). The highest BCUT2D eigenvalue weighted by Gasteiger charge is 2.27. The molecule has 0 bridgehead atoms. The largest absolute Gasteiger partial charge is 0.497 e. The Morgan fingerprint density at radius 3 is 3.09 bits per heavy atom. The third-order valence-electron chi connectivity index (χ3n) is 3.33. The molecule has 0 spiro atoms. The normalized spacial score (nSPS) is 17.5. The smallest absolute Gasteiger partial charge is 0.251 e. The number of hydrogen-bond donors (Lipinski definition) is 1. The van der Waals surface area contributed by atoms with Crippen molar-refractivity contribution in [3.05, 3.63) is 29.8 Å². The van der Waals surface area contributed by atoms with Gasteiger partial charge in [0.15, 0.2) is 0 Å². The van der Waals surface area contributed by atoms with E-state index in [9.17, 15) is 9.59 Å². The molecule has 1 N–H and O–H groups in total. The molecule has 1 atom stereocenters. The molecule has 0 aromatic heterocycles. The lowest BCUT2D eigenvalue weighted by Gasteiger charge is -2.31. The summed E-state index contributed by atoms with van der Waals surface area (Å²) in [7, 11) is 1.51. The van der Waals surface area contributed by atoms with E-state index in [1.54, 1.807) is 24.3 Å². The molecule has 1 aliphatic rings.